The fraction of sp³-hybridized carbons (Fsp3) is 0.0435. The molecule has 0 fully saturated rings. The van der Waals surface area contributed by atoms with Crippen LogP contribution in [0.3, 0.4) is 0 Å². The molecule has 8 heteroatoms. The topological polar surface area (TPSA) is 56.5 Å². The van der Waals surface area contributed by atoms with Gasteiger partial charge in [-0.15, -0.1) is 0 Å². The molecule has 0 saturated heterocycles. The average Bonchev–Trinajstić information content (AvgIpc) is 3.10. The van der Waals surface area contributed by atoms with Crippen LogP contribution in [0.5, 0.6) is 5.75 Å². The monoisotopic (exact) mass is 442 g/mol. The number of halogens is 3. The first-order valence-corrected chi connectivity index (χ1v) is 10.6. The molecule has 5 aromatic rings. The Morgan fingerprint density at radius 2 is 1.35 bits per heavy atom. The molecule has 0 aliphatic rings. The lowest BCUT2D eigenvalue weighted by Crippen LogP contribution is -2.28. The zero-order valence-corrected chi connectivity index (χ0v) is 16.5. The molecule has 0 bridgehead atoms. The van der Waals surface area contributed by atoms with Crippen molar-refractivity contribution >= 4 is 42.8 Å². The molecule has 31 heavy (non-hydrogen) atoms. The highest BCUT2D eigenvalue weighted by Crippen LogP contribution is 2.34. The van der Waals surface area contributed by atoms with Crippen LogP contribution in [0.4, 0.5) is 13.2 Å². The summed E-state index contributed by atoms with van der Waals surface area (Å²) in [5.41, 5.74) is -2.06. The lowest BCUT2D eigenvalue weighted by Gasteiger charge is -2.10. The fourth-order valence-corrected chi connectivity index (χ4v) is 3.99. The second kappa shape index (κ2) is 6.75. The Kier molecular flexibility index (Phi) is 4.23. The van der Waals surface area contributed by atoms with E-state index in [1.807, 2.05) is 54.6 Å². The van der Waals surface area contributed by atoms with Crippen molar-refractivity contribution in [1.29, 1.82) is 0 Å². The number of hydrogen-bond acceptors (Lipinski definition) is 4. The number of rotatable bonds is 3. The predicted octanol–water partition coefficient (Wildman–Crippen LogP) is 6.63. The molecule has 0 aliphatic carbocycles. The normalized spacial score (nSPS) is 12.6. The molecule has 156 valence electrons. The van der Waals surface area contributed by atoms with Crippen molar-refractivity contribution in [3.63, 3.8) is 0 Å². The van der Waals surface area contributed by atoms with Crippen molar-refractivity contribution in [2.75, 3.05) is 0 Å². The summed E-state index contributed by atoms with van der Waals surface area (Å²) in [6.45, 7) is 0. The Hall–Kier alpha value is -3.52. The van der Waals surface area contributed by atoms with Gasteiger partial charge in [-0.1, -0.05) is 42.5 Å². The smallest absolute Gasteiger partial charge is 0.456 e. The zero-order chi connectivity index (χ0) is 21.8. The van der Waals surface area contributed by atoms with Crippen molar-refractivity contribution in [3.8, 4) is 16.9 Å². The number of alkyl halides is 3. The summed E-state index contributed by atoms with van der Waals surface area (Å²) < 4.78 is 70.1. The molecule has 0 aliphatic heterocycles. The minimum Gasteiger partial charge on any atom is -0.456 e. The number of para-hydroxylation sites is 1. The maximum Gasteiger partial charge on any atom is 0.534 e. The van der Waals surface area contributed by atoms with Gasteiger partial charge in [0.2, 0.25) is 0 Å². The van der Waals surface area contributed by atoms with Gasteiger partial charge >= 0.3 is 15.6 Å². The van der Waals surface area contributed by atoms with Crippen LogP contribution in [-0.2, 0) is 10.1 Å². The van der Waals surface area contributed by atoms with E-state index in [0.29, 0.717) is 5.39 Å². The summed E-state index contributed by atoms with van der Waals surface area (Å²) in [6, 6.07) is 23.0. The summed E-state index contributed by atoms with van der Waals surface area (Å²) in [5.74, 6) is -0.399. The summed E-state index contributed by atoms with van der Waals surface area (Å²) in [5, 5.41) is 3.27. The minimum absolute atomic E-state index is 0.399. The van der Waals surface area contributed by atoms with E-state index in [1.54, 1.807) is 6.07 Å². The fourth-order valence-electron chi connectivity index (χ4n) is 3.53. The molecule has 1 aromatic heterocycles. The van der Waals surface area contributed by atoms with E-state index < -0.39 is 21.4 Å². The van der Waals surface area contributed by atoms with Crippen LogP contribution in [0.25, 0.3) is 43.8 Å². The van der Waals surface area contributed by atoms with Crippen LogP contribution in [-0.4, -0.2) is 13.9 Å². The highest BCUT2D eigenvalue weighted by Gasteiger charge is 2.48. The van der Waals surface area contributed by atoms with Crippen LogP contribution >= 0.6 is 0 Å². The van der Waals surface area contributed by atoms with Crippen LogP contribution in [0, 0.1) is 0 Å². The van der Waals surface area contributed by atoms with Crippen molar-refractivity contribution < 1.29 is 30.2 Å². The molecule has 4 aromatic carbocycles. The van der Waals surface area contributed by atoms with Crippen molar-refractivity contribution in [3.05, 3.63) is 78.9 Å². The lowest BCUT2D eigenvalue weighted by molar-refractivity contribution is -0.0500. The quantitative estimate of drug-likeness (QED) is 0.232. The molecule has 5 rings (SSSR count). The van der Waals surface area contributed by atoms with Crippen LogP contribution in [0.1, 0.15) is 0 Å². The average molecular weight is 442 g/mol. The third-order valence-electron chi connectivity index (χ3n) is 5.01. The largest absolute Gasteiger partial charge is 0.534 e. The molecule has 0 atom stereocenters. The Bertz CT molecular complexity index is 1570. The summed E-state index contributed by atoms with van der Waals surface area (Å²) in [4.78, 5) is 0. The molecule has 4 nitrogen and oxygen atoms in total. The Labute approximate surface area is 174 Å². The van der Waals surface area contributed by atoms with Crippen LogP contribution < -0.4 is 4.18 Å². The van der Waals surface area contributed by atoms with E-state index in [2.05, 4.69) is 4.18 Å². The number of hydrogen-bond donors (Lipinski definition) is 0. The standard InChI is InChI=1S/C23H13F3O4S/c24-23(25,26)31(27,28)30-18-9-7-15-11-14(5-6-16(15)12-18)17-8-10-22-20(13-17)19-3-1-2-4-21(19)29-22/h1-13H. The summed E-state index contributed by atoms with van der Waals surface area (Å²) >= 11 is 0. The molecule has 0 radical (unpaired) electrons. The second-order valence-corrected chi connectivity index (χ2v) is 8.55. The first kappa shape index (κ1) is 19.4. The van der Waals surface area contributed by atoms with Crippen molar-refractivity contribution in [1.82, 2.24) is 0 Å². The van der Waals surface area contributed by atoms with E-state index in [-0.39, 0.29) is 0 Å². The highest BCUT2D eigenvalue weighted by atomic mass is 32.2. The van der Waals surface area contributed by atoms with E-state index in [9.17, 15) is 21.6 Å². The zero-order valence-electron chi connectivity index (χ0n) is 15.7. The van der Waals surface area contributed by atoms with Crippen molar-refractivity contribution in [2.24, 2.45) is 0 Å². The second-order valence-electron chi connectivity index (χ2n) is 7.02. The van der Waals surface area contributed by atoms with Gasteiger partial charge in [-0.3, -0.25) is 0 Å². The molecule has 0 amide bonds. The SMILES string of the molecule is O=S(=O)(Oc1ccc2cc(-c3ccc4oc5ccccc5c4c3)ccc2c1)C(F)(F)F. The van der Waals surface area contributed by atoms with Gasteiger partial charge < -0.3 is 8.60 Å². The Morgan fingerprint density at radius 3 is 2.16 bits per heavy atom. The van der Waals surface area contributed by atoms with Gasteiger partial charge in [0, 0.05) is 10.8 Å². The minimum atomic E-state index is -5.71. The van der Waals surface area contributed by atoms with Gasteiger partial charge in [0.1, 0.15) is 16.9 Å². The molecule has 0 spiro atoms. The predicted molar refractivity (Wildman–Crippen MR) is 112 cm³/mol. The molecular weight excluding hydrogens is 429 g/mol. The maximum atomic E-state index is 12.5. The highest BCUT2D eigenvalue weighted by molar-refractivity contribution is 7.88. The van der Waals surface area contributed by atoms with Gasteiger partial charge in [0.05, 0.1) is 0 Å². The Balaban J connectivity index is 1.54. The van der Waals surface area contributed by atoms with Crippen LogP contribution in [0.2, 0.25) is 0 Å². The number of fused-ring (bicyclic) bond motifs is 4. The molecule has 0 N–H and O–H groups in total. The Morgan fingerprint density at radius 1 is 0.710 bits per heavy atom. The number of benzene rings is 4. The molecule has 1 heterocycles. The lowest BCUT2D eigenvalue weighted by atomic mass is 9.99. The van der Waals surface area contributed by atoms with Gasteiger partial charge in [-0.05, 0) is 58.3 Å². The van der Waals surface area contributed by atoms with Gasteiger partial charge in [-0.2, -0.15) is 21.6 Å². The van der Waals surface area contributed by atoms with E-state index in [1.165, 1.54) is 18.2 Å². The van der Waals surface area contributed by atoms with Gasteiger partial charge in [0.15, 0.2) is 0 Å². The summed E-state index contributed by atoms with van der Waals surface area (Å²) in [6.07, 6.45) is 0. The van der Waals surface area contributed by atoms with Gasteiger partial charge in [0.25, 0.3) is 0 Å². The first-order valence-electron chi connectivity index (χ1n) is 9.17. The third kappa shape index (κ3) is 3.38. The molecular formula is C23H13F3O4S. The third-order valence-corrected chi connectivity index (χ3v) is 5.99. The molecule has 0 unspecified atom stereocenters. The maximum absolute atomic E-state index is 12.5. The first-order chi connectivity index (χ1) is 14.7. The van der Waals surface area contributed by atoms with E-state index >= 15 is 0 Å². The number of furan rings is 1. The van der Waals surface area contributed by atoms with Crippen LogP contribution in [0.15, 0.2) is 83.3 Å². The van der Waals surface area contributed by atoms with Gasteiger partial charge in [-0.25, -0.2) is 0 Å². The van der Waals surface area contributed by atoms with E-state index in [4.69, 9.17) is 4.42 Å². The van der Waals surface area contributed by atoms with E-state index in [0.717, 1.165) is 38.5 Å². The van der Waals surface area contributed by atoms with Crippen molar-refractivity contribution in [2.45, 2.75) is 5.51 Å². The summed E-state index contributed by atoms with van der Waals surface area (Å²) in [7, 11) is -5.71. The molecule has 0 saturated carbocycles.